The van der Waals surface area contributed by atoms with Gasteiger partial charge in [-0.1, -0.05) is 12.1 Å². The van der Waals surface area contributed by atoms with Gasteiger partial charge in [-0.25, -0.2) is 9.37 Å². The summed E-state index contributed by atoms with van der Waals surface area (Å²) in [5, 5.41) is 7.02. The minimum Gasteiger partial charge on any atom is -0.369 e. The molecule has 0 saturated carbocycles. The summed E-state index contributed by atoms with van der Waals surface area (Å²) in [6.07, 6.45) is 4.52. The lowest BCUT2D eigenvalue weighted by Crippen LogP contribution is -2.26. The number of benzene rings is 1. The standard InChI is InChI=1S/C21H19FN6/c22-17-4-2-1-3-15(17)21-16(11-25-27-21)18-5-6-19-20(26-18)9-14(10-24-19)28-8-7-13(23)12-28/h1-6,9-11,13H,7-8,12,23H2,(H,25,27). The van der Waals surface area contributed by atoms with Crippen LogP contribution in [0.25, 0.3) is 33.5 Å². The zero-order valence-corrected chi connectivity index (χ0v) is 15.1. The molecule has 140 valence electrons. The number of aromatic amines is 1. The number of H-pyrrole nitrogens is 1. The highest BCUT2D eigenvalue weighted by atomic mass is 19.1. The Morgan fingerprint density at radius 1 is 1.07 bits per heavy atom. The van der Waals surface area contributed by atoms with Crippen molar-refractivity contribution >= 4 is 16.7 Å². The molecule has 0 spiro atoms. The van der Waals surface area contributed by atoms with Gasteiger partial charge in [0.05, 0.1) is 40.5 Å². The molecular formula is C21H19FN6. The molecule has 4 heterocycles. The highest BCUT2D eigenvalue weighted by molar-refractivity contribution is 5.84. The Balaban J connectivity index is 1.57. The Labute approximate surface area is 161 Å². The fourth-order valence-electron chi connectivity index (χ4n) is 3.69. The second-order valence-corrected chi connectivity index (χ2v) is 7.06. The second-order valence-electron chi connectivity index (χ2n) is 7.06. The summed E-state index contributed by atoms with van der Waals surface area (Å²) in [5.41, 5.74) is 11.2. The third kappa shape index (κ3) is 2.90. The van der Waals surface area contributed by atoms with E-state index in [0.717, 1.165) is 47.5 Å². The second kappa shape index (κ2) is 6.69. The van der Waals surface area contributed by atoms with E-state index in [-0.39, 0.29) is 11.9 Å². The molecule has 1 aromatic carbocycles. The molecule has 6 nitrogen and oxygen atoms in total. The number of nitrogens with zero attached hydrogens (tertiary/aromatic N) is 4. The van der Waals surface area contributed by atoms with E-state index in [4.69, 9.17) is 10.7 Å². The molecule has 7 heteroatoms. The Hall–Kier alpha value is -3.32. The summed E-state index contributed by atoms with van der Waals surface area (Å²) in [6.45, 7) is 1.75. The Morgan fingerprint density at radius 3 is 2.79 bits per heavy atom. The molecule has 5 rings (SSSR count). The maximum absolute atomic E-state index is 14.3. The van der Waals surface area contributed by atoms with Gasteiger partial charge in [0.25, 0.3) is 0 Å². The van der Waals surface area contributed by atoms with Crippen LogP contribution < -0.4 is 10.6 Å². The number of hydrogen-bond donors (Lipinski definition) is 2. The van der Waals surface area contributed by atoms with E-state index in [2.05, 4.69) is 20.1 Å². The number of hydrogen-bond acceptors (Lipinski definition) is 5. The van der Waals surface area contributed by atoms with E-state index in [0.29, 0.717) is 11.3 Å². The van der Waals surface area contributed by atoms with Gasteiger partial charge in [0.1, 0.15) is 5.82 Å². The van der Waals surface area contributed by atoms with Crippen molar-refractivity contribution in [3.8, 4) is 22.5 Å². The van der Waals surface area contributed by atoms with Gasteiger partial charge < -0.3 is 10.6 Å². The lowest BCUT2D eigenvalue weighted by atomic mass is 10.0. The van der Waals surface area contributed by atoms with Crippen molar-refractivity contribution < 1.29 is 4.39 Å². The molecule has 1 aliphatic heterocycles. The summed E-state index contributed by atoms with van der Waals surface area (Å²) < 4.78 is 14.3. The quantitative estimate of drug-likeness (QED) is 0.574. The molecule has 28 heavy (non-hydrogen) atoms. The third-order valence-electron chi connectivity index (χ3n) is 5.17. The summed E-state index contributed by atoms with van der Waals surface area (Å²) in [7, 11) is 0. The molecule has 1 fully saturated rings. The molecule has 0 aliphatic carbocycles. The van der Waals surface area contributed by atoms with Crippen LogP contribution in [0.1, 0.15) is 6.42 Å². The van der Waals surface area contributed by atoms with Crippen LogP contribution in [-0.4, -0.2) is 39.3 Å². The van der Waals surface area contributed by atoms with Crippen LogP contribution in [0.5, 0.6) is 0 Å². The lowest BCUT2D eigenvalue weighted by molar-refractivity contribution is 0.630. The van der Waals surface area contributed by atoms with Gasteiger partial charge in [-0.05, 0) is 36.8 Å². The van der Waals surface area contributed by atoms with Crippen molar-refractivity contribution in [1.29, 1.82) is 0 Å². The average Bonchev–Trinajstić information content (AvgIpc) is 3.37. The summed E-state index contributed by atoms with van der Waals surface area (Å²) in [6, 6.07) is 12.7. The van der Waals surface area contributed by atoms with E-state index >= 15 is 0 Å². The molecule has 1 saturated heterocycles. The first-order chi connectivity index (χ1) is 13.7. The number of aromatic nitrogens is 4. The van der Waals surface area contributed by atoms with Crippen LogP contribution in [0.15, 0.2) is 54.9 Å². The first kappa shape index (κ1) is 16.8. The van der Waals surface area contributed by atoms with Gasteiger partial charge in [0.15, 0.2) is 0 Å². The van der Waals surface area contributed by atoms with E-state index in [1.165, 1.54) is 6.07 Å². The van der Waals surface area contributed by atoms with Crippen LogP contribution >= 0.6 is 0 Å². The summed E-state index contributed by atoms with van der Waals surface area (Å²) in [5.74, 6) is -0.303. The molecule has 0 amide bonds. The first-order valence-corrected chi connectivity index (χ1v) is 9.25. The topological polar surface area (TPSA) is 83.7 Å². The maximum Gasteiger partial charge on any atom is 0.132 e. The number of nitrogens with one attached hydrogen (secondary N) is 1. The normalized spacial score (nSPS) is 16.8. The smallest absolute Gasteiger partial charge is 0.132 e. The van der Waals surface area contributed by atoms with Crippen molar-refractivity contribution in [2.45, 2.75) is 12.5 Å². The van der Waals surface area contributed by atoms with E-state index < -0.39 is 0 Å². The number of fused-ring (bicyclic) bond motifs is 1. The van der Waals surface area contributed by atoms with Gasteiger partial charge in [0, 0.05) is 30.3 Å². The van der Waals surface area contributed by atoms with Gasteiger partial charge in [0.2, 0.25) is 0 Å². The van der Waals surface area contributed by atoms with Crippen molar-refractivity contribution in [3.05, 3.63) is 60.7 Å². The highest BCUT2D eigenvalue weighted by Crippen LogP contribution is 2.32. The van der Waals surface area contributed by atoms with Crippen LogP contribution in [0.2, 0.25) is 0 Å². The van der Waals surface area contributed by atoms with Crippen molar-refractivity contribution in [2.75, 3.05) is 18.0 Å². The largest absolute Gasteiger partial charge is 0.369 e. The van der Waals surface area contributed by atoms with Crippen LogP contribution in [0.3, 0.4) is 0 Å². The number of rotatable bonds is 3. The average molecular weight is 374 g/mol. The SMILES string of the molecule is NC1CCN(c2cnc3ccc(-c4cn[nH]c4-c4ccccc4F)nc3c2)C1. The lowest BCUT2D eigenvalue weighted by Gasteiger charge is -2.17. The zero-order valence-electron chi connectivity index (χ0n) is 15.1. The third-order valence-corrected chi connectivity index (χ3v) is 5.17. The zero-order chi connectivity index (χ0) is 19.1. The molecule has 3 N–H and O–H groups in total. The Bertz CT molecular complexity index is 1150. The molecule has 1 atom stereocenters. The molecule has 0 bridgehead atoms. The minimum absolute atomic E-state index is 0.198. The fraction of sp³-hybridized carbons (Fsp3) is 0.190. The van der Waals surface area contributed by atoms with E-state index in [9.17, 15) is 4.39 Å². The van der Waals surface area contributed by atoms with Crippen LogP contribution in [0.4, 0.5) is 10.1 Å². The monoisotopic (exact) mass is 374 g/mol. The van der Waals surface area contributed by atoms with E-state index in [1.54, 1.807) is 24.4 Å². The van der Waals surface area contributed by atoms with Gasteiger partial charge >= 0.3 is 0 Å². The van der Waals surface area contributed by atoms with Gasteiger partial charge in [-0.2, -0.15) is 5.10 Å². The number of pyridine rings is 2. The Kier molecular flexibility index (Phi) is 4.02. The van der Waals surface area contributed by atoms with Crippen LogP contribution in [0, 0.1) is 5.82 Å². The maximum atomic E-state index is 14.3. The molecule has 3 aromatic heterocycles. The summed E-state index contributed by atoms with van der Waals surface area (Å²) in [4.78, 5) is 11.6. The number of halogens is 1. The van der Waals surface area contributed by atoms with Crippen LogP contribution in [-0.2, 0) is 0 Å². The van der Waals surface area contributed by atoms with Gasteiger partial charge in [-0.3, -0.25) is 10.1 Å². The number of nitrogens with two attached hydrogens (primary N) is 1. The molecule has 0 radical (unpaired) electrons. The van der Waals surface area contributed by atoms with E-state index in [1.807, 2.05) is 24.4 Å². The highest BCUT2D eigenvalue weighted by Gasteiger charge is 2.20. The van der Waals surface area contributed by atoms with Crippen molar-refractivity contribution in [2.24, 2.45) is 5.73 Å². The molecule has 1 aliphatic rings. The van der Waals surface area contributed by atoms with Gasteiger partial charge in [-0.15, -0.1) is 0 Å². The fourth-order valence-corrected chi connectivity index (χ4v) is 3.69. The van der Waals surface area contributed by atoms with Crippen molar-refractivity contribution in [1.82, 2.24) is 20.2 Å². The predicted octanol–water partition coefficient (Wildman–Crippen LogP) is 3.36. The minimum atomic E-state index is -0.303. The molecule has 4 aromatic rings. The summed E-state index contributed by atoms with van der Waals surface area (Å²) >= 11 is 0. The molecule has 1 unspecified atom stereocenters. The predicted molar refractivity (Wildman–Crippen MR) is 107 cm³/mol. The Morgan fingerprint density at radius 2 is 1.96 bits per heavy atom. The molecular weight excluding hydrogens is 355 g/mol. The first-order valence-electron chi connectivity index (χ1n) is 9.25. The number of anilines is 1. The van der Waals surface area contributed by atoms with Crippen molar-refractivity contribution in [3.63, 3.8) is 0 Å².